The van der Waals surface area contributed by atoms with E-state index in [4.69, 9.17) is 4.74 Å². The molecule has 2 aromatic heterocycles. The summed E-state index contributed by atoms with van der Waals surface area (Å²) < 4.78 is 10.00. The number of carbonyl (C=O) groups excluding carboxylic acids is 2. The molecule has 1 saturated carbocycles. The van der Waals surface area contributed by atoms with Gasteiger partial charge in [0.25, 0.3) is 5.91 Å². The van der Waals surface area contributed by atoms with Gasteiger partial charge in [-0.05, 0) is 50.8 Å². The molecule has 1 N–H and O–H groups in total. The number of carbonyl (C=O) groups is 2. The lowest BCUT2D eigenvalue weighted by Crippen LogP contribution is -2.66. The van der Waals surface area contributed by atoms with Gasteiger partial charge in [0.15, 0.2) is 0 Å². The molecule has 4 heterocycles. The molecule has 3 aliphatic rings. The van der Waals surface area contributed by atoms with Crippen LogP contribution in [-0.4, -0.2) is 56.7 Å². The number of rotatable bonds is 5. The fraction of sp³-hybridized carbons (Fsp3) is 0.481. The van der Waals surface area contributed by atoms with E-state index in [9.17, 15) is 9.59 Å². The van der Waals surface area contributed by atoms with Crippen LogP contribution in [0.4, 0.5) is 0 Å². The van der Waals surface area contributed by atoms with Crippen molar-refractivity contribution >= 4 is 22.7 Å². The molecule has 34 heavy (non-hydrogen) atoms. The summed E-state index contributed by atoms with van der Waals surface area (Å²) in [5.74, 6) is -0.164. The maximum Gasteiger partial charge on any atom is 0.273 e. The minimum Gasteiger partial charge on any atom is -0.376 e. The van der Waals surface area contributed by atoms with Crippen molar-refractivity contribution in [3.8, 4) is 5.69 Å². The SMILES string of the molecule is C[C@]1(C(=O)NC2CCCC2)Cn2c(c(-n3cccc3)c3ccccc32)C(=O)N1C[C@@H]1CCCO1. The Labute approximate surface area is 199 Å². The molecule has 1 aliphatic carbocycles. The van der Waals surface area contributed by atoms with E-state index in [-0.39, 0.29) is 24.0 Å². The summed E-state index contributed by atoms with van der Waals surface area (Å²) in [5, 5.41) is 4.30. The van der Waals surface area contributed by atoms with Crippen LogP contribution in [0, 0.1) is 0 Å². The number of hydrogen-bond donors (Lipinski definition) is 1. The largest absolute Gasteiger partial charge is 0.376 e. The second kappa shape index (κ2) is 8.31. The van der Waals surface area contributed by atoms with Crippen LogP contribution >= 0.6 is 0 Å². The van der Waals surface area contributed by atoms with Crippen LogP contribution in [0.2, 0.25) is 0 Å². The van der Waals surface area contributed by atoms with Crippen molar-refractivity contribution in [2.75, 3.05) is 13.2 Å². The Bertz CT molecular complexity index is 1220. The predicted molar refractivity (Wildman–Crippen MR) is 130 cm³/mol. The van der Waals surface area contributed by atoms with Gasteiger partial charge >= 0.3 is 0 Å². The lowest BCUT2D eigenvalue weighted by atomic mass is 9.93. The number of ether oxygens (including phenoxy) is 1. The Balaban J connectivity index is 1.48. The van der Waals surface area contributed by atoms with E-state index in [0.717, 1.165) is 55.1 Å². The van der Waals surface area contributed by atoms with Crippen molar-refractivity contribution in [3.63, 3.8) is 0 Å². The quantitative estimate of drug-likeness (QED) is 0.628. The van der Waals surface area contributed by atoms with Gasteiger partial charge in [0, 0.05) is 37.0 Å². The van der Waals surface area contributed by atoms with Crippen molar-refractivity contribution in [2.45, 2.75) is 69.7 Å². The van der Waals surface area contributed by atoms with Crippen LogP contribution in [0.5, 0.6) is 0 Å². The van der Waals surface area contributed by atoms with Gasteiger partial charge in [0.05, 0.1) is 23.9 Å². The highest BCUT2D eigenvalue weighted by Crippen LogP contribution is 2.38. The molecule has 0 radical (unpaired) electrons. The van der Waals surface area contributed by atoms with Gasteiger partial charge in [-0.25, -0.2) is 0 Å². The van der Waals surface area contributed by atoms with Gasteiger partial charge in [-0.15, -0.1) is 0 Å². The second-order valence-electron chi connectivity index (χ2n) is 10.2. The Hall–Kier alpha value is -3.06. The van der Waals surface area contributed by atoms with E-state index >= 15 is 0 Å². The molecule has 2 amide bonds. The highest BCUT2D eigenvalue weighted by atomic mass is 16.5. The number of nitrogens with one attached hydrogen (secondary N) is 1. The van der Waals surface area contributed by atoms with Crippen LogP contribution in [-0.2, 0) is 16.1 Å². The fourth-order valence-corrected chi connectivity index (χ4v) is 6.04. The lowest BCUT2D eigenvalue weighted by Gasteiger charge is -2.45. The topological polar surface area (TPSA) is 68.5 Å². The number of amides is 2. The molecule has 3 aromatic rings. The average Bonchev–Trinajstić information content (AvgIpc) is 3.64. The molecular weight excluding hydrogens is 428 g/mol. The van der Waals surface area contributed by atoms with E-state index in [1.807, 2.05) is 54.2 Å². The summed E-state index contributed by atoms with van der Waals surface area (Å²) in [7, 11) is 0. The number of benzene rings is 1. The van der Waals surface area contributed by atoms with Crippen LogP contribution < -0.4 is 5.32 Å². The van der Waals surface area contributed by atoms with E-state index in [1.165, 1.54) is 0 Å². The minimum absolute atomic E-state index is 0.0338. The molecule has 2 aliphatic heterocycles. The van der Waals surface area contributed by atoms with Gasteiger partial charge in [-0.3, -0.25) is 9.59 Å². The van der Waals surface area contributed by atoms with Crippen LogP contribution in [0.1, 0.15) is 55.9 Å². The maximum atomic E-state index is 14.3. The molecule has 0 spiro atoms. The third-order valence-electron chi connectivity index (χ3n) is 7.91. The first-order valence-corrected chi connectivity index (χ1v) is 12.6. The molecule has 1 saturated heterocycles. The van der Waals surface area contributed by atoms with Gasteiger partial charge in [-0.1, -0.05) is 31.0 Å². The lowest BCUT2D eigenvalue weighted by molar-refractivity contribution is -0.134. The number of aromatic nitrogens is 2. The molecule has 0 unspecified atom stereocenters. The number of fused-ring (bicyclic) bond motifs is 3. The van der Waals surface area contributed by atoms with Crippen molar-refractivity contribution in [2.24, 2.45) is 0 Å². The molecule has 7 heteroatoms. The Morgan fingerprint density at radius 1 is 1.09 bits per heavy atom. The highest BCUT2D eigenvalue weighted by Gasteiger charge is 2.50. The third-order valence-corrected chi connectivity index (χ3v) is 7.91. The van der Waals surface area contributed by atoms with Gasteiger partial charge in [0.1, 0.15) is 11.2 Å². The van der Waals surface area contributed by atoms with E-state index in [2.05, 4.69) is 16.0 Å². The normalized spacial score (nSPS) is 25.3. The first-order chi connectivity index (χ1) is 16.6. The Morgan fingerprint density at radius 2 is 1.85 bits per heavy atom. The number of para-hydroxylation sites is 1. The van der Waals surface area contributed by atoms with Gasteiger partial charge < -0.3 is 24.1 Å². The van der Waals surface area contributed by atoms with Gasteiger partial charge in [-0.2, -0.15) is 0 Å². The predicted octanol–water partition coefficient (Wildman–Crippen LogP) is 3.88. The average molecular weight is 461 g/mol. The summed E-state index contributed by atoms with van der Waals surface area (Å²) in [6.07, 6.45) is 10.1. The molecule has 7 nitrogen and oxygen atoms in total. The zero-order chi connectivity index (χ0) is 23.3. The fourth-order valence-electron chi connectivity index (χ4n) is 6.04. The second-order valence-corrected chi connectivity index (χ2v) is 10.2. The first kappa shape index (κ1) is 21.5. The summed E-state index contributed by atoms with van der Waals surface area (Å²) in [4.78, 5) is 29.9. The number of hydrogen-bond acceptors (Lipinski definition) is 3. The summed E-state index contributed by atoms with van der Waals surface area (Å²) in [6, 6.07) is 12.2. The third kappa shape index (κ3) is 3.36. The zero-order valence-electron chi connectivity index (χ0n) is 19.7. The summed E-state index contributed by atoms with van der Waals surface area (Å²) >= 11 is 0. The first-order valence-electron chi connectivity index (χ1n) is 12.6. The molecular formula is C27H32N4O3. The van der Waals surface area contributed by atoms with Gasteiger partial charge in [0.2, 0.25) is 5.91 Å². The Kier molecular flexibility index (Phi) is 5.25. The molecule has 6 rings (SSSR count). The van der Waals surface area contributed by atoms with Crippen LogP contribution in [0.3, 0.4) is 0 Å². The maximum absolute atomic E-state index is 14.3. The van der Waals surface area contributed by atoms with E-state index in [0.29, 0.717) is 25.4 Å². The Morgan fingerprint density at radius 3 is 2.59 bits per heavy atom. The van der Waals surface area contributed by atoms with Crippen LogP contribution in [0.25, 0.3) is 16.6 Å². The molecule has 1 aromatic carbocycles. The highest BCUT2D eigenvalue weighted by molar-refractivity contribution is 6.09. The van der Waals surface area contributed by atoms with Crippen molar-refractivity contribution in [1.29, 1.82) is 0 Å². The molecule has 2 fully saturated rings. The summed E-state index contributed by atoms with van der Waals surface area (Å²) in [5.41, 5.74) is 1.50. The van der Waals surface area contributed by atoms with Crippen molar-refractivity contribution in [1.82, 2.24) is 19.4 Å². The standard InChI is InChI=1S/C27H32N4O3/c1-27(26(33)28-19-9-2-3-10-19)18-30-22-13-5-4-12-21(22)23(29-14-6-7-15-29)24(30)25(32)31(27)17-20-11-8-16-34-20/h4-7,12-15,19-20H,2-3,8-11,16-18H2,1H3,(H,28,33)/t20-,27+/m0/s1. The van der Waals surface area contributed by atoms with Crippen molar-refractivity contribution in [3.05, 3.63) is 54.5 Å². The molecule has 2 atom stereocenters. The monoisotopic (exact) mass is 460 g/mol. The zero-order valence-corrected chi connectivity index (χ0v) is 19.7. The molecule has 178 valence electrons. The summed E-state index contributed by atoms with van der Waals surface area (Å²) in [6.45, 7) is 3.49. The minimum atomic E-state index is -0.992. The molecule has 0 bridgehead atoms. The van der Waals surface area contributed by atoms with Crippen LogP contribution in [0.15, 0.2) is 48.8 Å². The van der Waals surface area contributed by atoms with E-state index < -0.39 is 5.54 Å². The number of nitrogens with zero attached hydrogens (tertiary/aromatic N) is 3. The van der Waals surface area contributed by atoms with E-state index in [1.54, 1.807) is 4.90 Å². The van der Waals surface area contributed by atoms with Crippen molar-refractivity contribution < 1.29 is 14.3 Å². The smallest absolute Gasteiger partial charge is 0.273 e.